The standard InChI is InChI=1S/C8H13NO.C3H8O/c10-5-8-7-3-1-2-6(7)4-9-8;1-3-4-2/h5-9H,1-4H2;3H2,1-2H3. The van der Waals surface area contributed by atoms with Crippen LogP contribution in [0.3, 0.4) is 0 Å². The molecule has 3 atom stereocenters. The van der Waals surface area contributed by atoms with Crippen LogP contribution in [0.5, 0.6) is 0 Å². The van der Waals surface area contributed by atoms with Crippen LogP contribution in [-0.4, -0.2) is 32.6 Å². The molecule has 1 heterocycles. The van der Waals surface area contributed by atoms with E-state index in [9.17, 15) is 4.79 Å². The Morgan fingerprint density at radius 3 is 2.79 bits per heavy atom. The number of fused-ring (bicyclic) bond motifs is 1. The van der Waals surface area contributed by atoms with Crippen LogP contribution in [0.25, 0.3) is 0 Å². The lowest BCUT2D eigenvalue weighted by Gasteiger charge is -2.09. The highest BCUT2D eigenvalue weighted by atomic mass is 16.5. The molecule has 1 N–H and O–H groups in total. The highest BCUT2D eigenvalue weighted by molar-refractivity contribution is 5.59. The van der Waals surface area contributed by atoms with Crippen molar-refractivity contribution in [2.24, 2.45) is 11.8 Å². The van der Waals surface area contributed by atoms with Crippen molar-refractivity contribution in [2.75, 3.05) is 20.3 Å². The quantitative estimate of drug-likeness (QED) is 0.680. The average Bonchev–Trinajstić information content (AvgIpc) is 2.79. The van der Waals surface area contributed by atoms with E-state index in [0.29, 0.717) is 5.92 Å². The third-order valence-electron chi connectivity index (χ3n) is 3.23. The van der Waals surface area contributed by atoms with Gasteiger partial charge in [-0.05, 0) is 38.1 Å². The Kier molecular flexibility index (Phi) is 5.12. The van der Waals surface area contributed by atoms with Crippen molar-refractivity contribution in [1.82, 2.24) is 5.32 Å². The summed E-state index contributed by atoms with van der Waals surface area (Å²) < 4.78 is 4.54. The lowest BCUT2D eigenvalue weighted by Crippen LogP contribution is -2.27. The van der Waals surface area contributed by atoms with Crippen molar-refractivity contribution in [3.8, 4) is 0 Å². The minimum Gasteiger partial charge on any atom is -0.385 e. The molecule has 1 saturated carbocycles. The van der Waals surface area contributed by atoms with Gasteiger partial charge < -0.3 is 14.8 Å². The van der Waals surface area contributed by atoms with Gasteiger partial charge >= 0.3 is 0 Å². The Bertz CT molecular complexity index is 171. The molecule has 0 bridgehead atoms. The number of carbonyl (C=O) groups is 1. The highest BCUT2D eigenvalue weighted by Gasteiger charge is 2.38. The molecule has 0 aromatic rings. The van der Waals surface area contributed by atoms with Gasteiger partial charge in [0.25, 0.3) is 0 Å². The fraction of sp³-hybridized carbons (Fsp3) is 0.909. The first-order valence-corrected chi connectivity index (χ1v) is 5.51. The minimum absolute atomic E-state index is 0.187. The summed E-state index contributed by atoms with van der Waals surface area (Å²) in [5.41, 5.74) is 0. The maximum absolute atomic E-state index is 10.5. The van der Waals surface area contributed by atoms with E-state index < -0.39 is 0 Å². The third-order valence-corrected chi connectivity index (χ3v) is 3.23. The summed E-state index contributed by atoms with van der Waals surface area (Å²) in [4.78, 5) is 10.5. The fourth-order valence-corrected chi connectivity index (χ4v) is 2.38. The molecule has 2 aliphatic rings. The van der Waals surface area contributed by atoms with Crippen LogP contribution in [0.4, 0.5) is 0 Å². The Balaban J connectivity index is 0.000000213. The lowest BCUT2D eigenvalue weighted by molar-refractivity contribution is -0.110. The topological polar surface area (TPSA) is 38.3 Å². The van der Waals surface area contributed by atoms with Gasteiger partial charge in [0.05, 0.1) is 6.04 Å². The number of hydrogen-bond acceptors (Lipinski definition) is 3. The number of methoxy groups -OCH3 is 1. The molecule has 3 unspecified atom stereocenters. The van der Waals surface area contributed by atoms with E-state index in [-0.39, 0.29) is 6.04 Å². The Morgan fingerprint density at radius 1 is 1.50 bits per heavy atom. The summed E-state index contributed by atoms with van der Waals surface area (Å²) >= 11 is 0. The Labute approximate surface area is 86.2 Å². The predicted octanol–water partition coefficient (Wildman–Crippen LogP) is 1.23. The smallest absolute Gasteiger partial charge is 0.137 e. The molecule has 2 rings (SSSR count). The molecule has 2 fully saturated rings. The molecule has 0 aromatic carbocycles. The van der Waals surface area contributed by atoms with Crippen molar-refractivity contribution in [3.05, 3.63) is 0 Å². The first-order chi connectivity index (χ1) is 6.83. The van der Waals surface area contributed by atoms with Crippen LogP contribution in [-0.2, 0) is 9.53 Å². The molecular weight excluding hydrogens is 178 g/mol. The molecule has 0 spiro atoms. The average molecular weight is 199 g/mol. The molecule has 0 aromatic heterocycles. The van der Waals surface area contributed by atoms with E-state index in [1.807, 2.05) is 6.92 Å². The molecule has 82 valence electrons. The number of nitrogens with one attached hydrogen (secondary N) is 1. The van der Waals surface area contributed by atoms with Crippen LogP contribution < -0.4 is 5.32 Å². The van der Waals surface area contributed by atoms with E-state index in [4.69, 9.17) is 0 Å². The number of ether oxygens (including phenoxy) is 1. The SMILES string of the molecule is CCOC.O=CC1NCC2CCCC21. The summed E-state index contributed by atoms with van der Waals surface area (Å²) in [6.07, 6.45) is 5.01. The van der Waals surface area contributed by atoms with Gasteiger partial charge in [0.15, 0.2) is 0 Å². The van der Waals surface area contributed by atoms with Gasteiger partial charge in [-0.15, -0.1) is 0 Å². The zero-order chi connectivity index (χ0) is 10.4. The van der Waals surface area contributed by atoms with E-state index in [1.165, 1.54) is 19.3 Å². The van der Waals surface area contributed by atoms with Crippen molar-refractivity contribution >= 4 is 6.29 Å². The first kappa shape index (κ1) is 11.7. The maximum Gasteiger partial charge on any atom is 0.137 e. The number of aldehydes is 1. The predicted molar refractivity (Wildman–Crippen MR) is 56.2 cm³/mol. The second kappa shape index (κ2) is 6.14. The van der Waals surface area contributed by atoms with Crippen molar-refractivity contribution in [3.63, 3.8) is 0 Å². The van der Waals surface area contributed by atoms with Gasteiger partial charge in [-0.1, -0.05) is 6.42 Å². The van der Waals surface area contributed by atoms with Gasteiger partial charge in [0.1, 0.15) is 6.29 Å². The van der Waals surface area contributed by atoms with Crippen molar-refractivity contribution < 1.29 is 9.53 Å². The molecule has 0 radical (unpaired) electrons. The summed E-state index contributed by atoms with van der Waals surface area (Å²) in [5, 5.41) is 3.24. The zero-order valence-corrected chi connectivity index (χ0v) is 9.16. The van der Waals surface area contributed by atoms with E-state index >= 15 is 0 Å². The zero-order valence-electron chi connectivity index (χ0n) is 9.16. The summed E-state index contributed by atoms with van der Waals surface area (Å²) in [7, 11) is 1.68. The first-order valence-electron chi connectivity index (χ1n) is 5.51. The molecule has 3 heteroatoms. The van der Waals surface area contributed by atoms with Crippen molar-refractivity contribution in [2.45, 2.75) is 32.2 Å². The summed E-state index contributed by atoms with van der Waals surface area (Å²) in [6, 6.07) is 0.187. The molecule has 0 amide bonds. The minimum atomic E-state index is 0.187. The molecule has 14 heavy (non-hydrogen) atoms. The van der Waals surface area contributed by atoms with Gasteiger partial charge in [0, 0.05) is 13.7 Å². The monoisotopic (exact) mass is 199 g/mol. The molecule has 1 saturated heterocycles. The normalized spacial score (nSPS) is 34.6. The van der Waals surface area contributed by atoms with Crippen LogP contribution >= 0.6 is 0 Å². The summed E-state index contributed by atoms with van der Waals surface area (Å²) in [5.74, 6) is 1.49. The Morgan fingerprint density at radius 2 is 2.21 bits per heavy atom. The van der Waals surface area contributed by atoms with E-state index in [0.717, 1.165) is 25.4 Å². The van der Waals surface area contributed by atoms with Gasteiger partial charge in [-0.25, -0.2) is 0 Å². The van der Waals surface area contributed by atoms with Crippen LogP contribution in [0.15, 0.2) is 0 Å². The second-order valence-corrected chi connectivity index (χ2v) is 4.00. The van der Waals surface area contributed by atoms with E-state index in [2.05, 4.69) is 10.1 Å². The number of rotatable bonds is 2. The summed E-state index contributed by atoms with van der Waals surface area (Å²) in [6.45, 7) is 3.86. The molecule has 1 aliphatic carbocycles. The second-order valence-electron chi connectivity index (χ2n) is 4.00. The molecule has 1 aliphatic heterocycles. The van der Waals surface area contributed by atoms with Crippen LogP contribution in [0.1, 0.15) is 26.2 Å². The van der Waals surface area contributed by atoms with Gasteiger partial charge in [-0.3, -0.25) is 0 Å². The van der Waals surface area contributed by atoms with Crippen molar-refractivity contribution in [1.29, 1.82) is 0 Å². The third kappa shape index (κ3) is 2.79. The molecule has 3 nitrogen and oxygen atoms in total. The fourth-order valence-electron chi connectivity index (χ4n) is 2.38. The number of hydrogen-bond donors (Lipinski definition) is 1. The Hall–Kier alpha value is -0.410. The molecular formula is C11H21NO2. The van der Waals surface area contributed by atoms with Gasteiger partial charge in [0.2, 0.25) is 0 Å². The van der Waals surface area contributed by atoms with Gasteiger partial charge in [-0.2, -0.15) is 0 Å². The van der Waals surface area contributed by atoms with E-state index in [1.54, 1.807) is 7.11 Å². The maximum atomic E-state index is 10.5. The largest absolute Gasteiger partial charge is 0.385 e. The van der Waals surface area contributed by atoms with Crippen LogP contribution in [0.2, 0.25) is 0 Å². The lowest BCUT2D eigenvalue weighted by atomic mass is 9.95. The highest BCUT2D eigenvalue weighted by Crippen LogP contribution is 2.36. The number of carbonyl (C=O) groups excluding carboxylic acids is 1. The van der Waals surface area contributed by atoms with Crippen LogP contribution in [0, 0.1) is 11.8 Å².